The van der Waals surface area contributed by atoms with Crippen molar-refractivity contribution in [2.75, 3.05) is 19.0 Å². The van der Waals surface area contributed by atoms with E-state index >= 15 is 0 Å². The van der Waals surface area contributed by atoms with Crippen LogP contribution in [-0.2, 0) is 29.4 Å². The zero-order valence-corrected chi connectivity index (χ0v) is 15.0. The molecule has 7 heteroatoms. The lowest BCUT2D eigenvalue weighted by Crippen LogP contribution is -2.19. The van der Waals surface area contributed by atoms with Crippen molar-refractivity contribution >= 4 is 17.7 Å². The van der Waals surface area contributed by atoms with E-state index in [1.54, 1.807) is 27.1 Å². The summed E-state index contributed by atoms with van der Waals surface area (Å²) in [6.07, 6.45) is 0.722. The number of esters is 1. The Morgan fingerprint density at radius 3 is 2.68 bits per heavy atom. The monoisotopic (exact) mass is 345 g/mol. The highest BCUT2D eigenvalue weighted by Gasteiger charge is 2.24. The fourth-order valence-corrected chi connectivity index (χ4v) is 2.53. The van der Waals surface area contributed by atoms with Gasteiger partial charge in [0.25, 0.3) is 0 Å². The summed E-state index contributed by atoms with van der Waals surface area (Å²) in [5.74, 6) is 0.308. The maximum absolute atomic E-state index is 12.4. The molecule has 134 valence electrons. The smallest absolute Gasteiger partial charge is 0.343 e. The molecule has 2 aromatic rings. The van der Waals surface area contributed by atoms with Crippen LogP contribution in [0.5, 0.6) is 5.75 Å². The summed E-state index contributed by atoms with van der Waals surface area (Å²) in [5.41, 5.74) is 1.72. The van der Waals surface area contributed by atoms with Crippen LogP contribution in [0.2, 0.25) is 0 Å². The number of hydrogen-bond acceptors (Lipinski definition) is 5. The zero-order chi connectivity index (χ0) is 18.4. The Hall–Kier alpha value is -2.83. The summed E-state index contributed by atoms with van der Waals surface area (Å²) in [6.45, 7) is 3.89. The van der Waals surface area contributed by atoms with E-state index in [0.29, 0.717) is 29.2 Å². The molecular weight excluding hydrogens is 322 g/mol. The van der Waals surface area contributed by atoms with Crippen molar-refractivity contribution in [2.24, 2.45) is 7.05 Å². The largest absolute Gasteiger partial charge is 0.497 e. The highest BCUT2D eigenvalue weighted by molar-refractivity contribution is 6.01. The van der Waals surface area contributed by atoms with Gasteiger partial charge >= 0.3 is 5.97 Å². The third-order valence-electron chi connectivity index (χ3n) is 3.69. The van der Waals surface area contributed by atoms with E-state index in [-0.39, 0.29) is 18.9 Å². The maximum Gasteiger partial charge on any atom is 0.343 e. The van der Waals surface area contributed by atoms with Crippen LogP contribution >= 0.6 is 0 Å². The van der Waals surface area contributed by atoms with Gasteiger partial charge in [-0.1, -0.05) is 19.1 Å². The quantitative estimate of drug-likeness (QED) is 0.779. The van der Waals surface area contributed by atoms with Gasteiger partial charge < -0.3 is 14.8 Å². The third-order valence-corrected chi connectivity index (χ3v) is 3.69. The number of anilines is 1. The Balaban J connectivity index is 2.22. The molecular formula is C18H23N3O4. The minimum absolute atomic E-state index is 0.159. The van der Waals surface area contributed by atoms with Crippen LogP contribution in [0, 0.1) is 0 Å². The van der Waals surface area contributed by atoms with E-state index in [9.17, 15) is 9.59 Å². The van der Waals surface area contributed by atoms with Crippen molar-refractivity contribution in [2.45, 2.75) is 26.7 Å². The minimum Gasteiger partial charge on any atom is -0.497 e. The van der Waals surface area contributed by atoms with Gasteiger partial charge in [-0.25, -0.2) is 4.79 Å². The normalized spacial score (nSPS) is 10.4. The van der Waals surface area contributed by atoms with Gasteiger partial charge in [-0.2, -0.15) is 5.10 Å². The molecule has 0 aliphatic rings. The van der Waals surface area contributed by atoms with Crippen molar-refractivity contribution in [1.82, 2.24) is 9.78 Å². The second-order valence-corrected chi connectivity index (χ2v) is 5.44. The maximum atomic E-state index is 12.4. The van der Waals surface area contributed by atoms with E-state index in [4.69, 9.17) is 9.47 Å². The fraction of sp³-hybridized carbons (Fsp3) is 0.389. The predicted octanol–water partition coefficient (Wildman–Crippen LogP) is 2.35. The first-order chi connectivity index (χ1) is 12.0. The summed E-state index contributed by atoms with van der Waals surface area (Å²) in [6, 6.07) is 7.28. The molecule has 0 aliphatic carbocycles. The topological polar surface area (TPSA) is 82.5 Å². The fourth-order valence-electron chi connectivity index (χ4n) is 2.53. The summed E-state index contributed by atoms with van der Waals surface area (Å²) in [7, 11) is 3.26. The Morgan fingerprint density at radius 2 is 2.04 bits per heavy atom. The van der Waals surface area contributed by atoms with Gasteiger partial charge in [-0.15, -0.1) is 0 Å². The van der Waals surface area contributed by atoms with Crippen LogP contribution in [0.1, 0.15) is 35.5 Å². The number of aromatic nitrogens is 2. The molecule has 1 heterocycles. The van der Waals surface area contributed by atoms with Gasteiger partial charge in [-0.3, -0.25) is 9.48 Å². The average molecular weight is 345 g/mol. The Bertz CT molecular complexity index is 768. The van der Waals surface area contributed by atoms with Crippen molar-refractivity contribution in [3.8, 4) is 5.75 Å². The molecule has 1 N–H and O–H groups in total. The molecule has 0 fully saturated rings. The first-order valence-corrected chi connectivity index (χ1v) is 8.15. The first-order valence-electron chi connectivity index (χ1n) is 8.15. The predicted molar refractivity (Wildman–Crippen MR) is 93.9 cm³/mol. The van der Waals surface area contributed by atoms with Crippen LogP contribution in [-0.4, -0.2) is 35.4 Å². The van der Waals surface area contributed by atoms with E-state index in [0.717, 1.165) is 5.56 Å². The van der Waals surface area contributed by atoms with Gasteiger partial charge in [0, 0.05) is 7.05 Å². The third kappa shape index (κ3) is 4.37. The lowest BCUT2D eigenvalue weighted by Gasteiger charge is -2.09. The number of nitrogens with zero attached hydrogens (tertiary/aromatic N) is 2. The van der Waals surface area contributed by atoms with Crippen molar-refractivity contribution < 1.29 is 19.1 Å². The van der Waals surface area contributed by atoms with Crippen molar-refractivity contribution in [1.29, 1.82) is 0 Å². The second-order valence-electron chi connectivity index (χ2n) is 5.44. The molecule has 2 rings (SSSR count). The van der Waals surface area contributed by atoms with Crippen LogP contribution in [0.3, 0.4) is 0 Å². The Kier molecular flexibility index (Phi) is 6.16. The number of methoxy groups -OCH3 is 1. The molecule has 1 aromatic heterocycles. The highest BCUT2D eigenvalue weighted by atomic mass is 16.5. The number of rotatable bonds is 7. The number of amides is 1. The van der Waals surface area contributed by atoms with Gasteiger partial charge in [0.05, 0.1) is 25.8 Å². The molecule has 0 unspecified atom stereocenters. The molecule has 0 aliphatic heterocycles. The number of carbonyl (C=O) groups is 2. The van der Waals surface area contributed by atoms with E-state index in [2.05, 4.69) is 10.4 Å². The number of hydrogen-bond donors (Lipinski definition) is 1. The minimum atomic E-state index is -0.482. The molecule has 0 saturated heterocycles. The zero-order valence-electron chi connectivity index (χ0n) is 15.0. The van der Waals surface area contributed by atoms with Gasteiger partial charge in [0.1, 0.15) is 17.1 Å². The molecule has 0 radical (unpaired) electrons. The molecule has 7 nitrogen and oxygen atoms in total. The van der Waals surface area contributed by atoms with Crippen molar-refractivity contribution in [3.05, 3.63) is 41.1 Å². The van der Waals surface area contributed by atoms with E-state index < -0.39 is 5.97 Å². The first kappa shape index (κ1) is 18.5. The Labute approximate surface area is 146 Å². The van der Waals surface area contributed by atoms with Crippen LogP contribution in [0.4, 0.5) is 5.82 Å². The summed E-state index contributed by atoms with van der Waals surface area (Å²) in [5, 5.41) is 7.08. The van der Waals surface area contributed by atoms with E-state index in [1.165, 1.54) is 4.68 Å². The number of aryl methyl sites for hydroxylation is 2. The standard InChI is InChI=1S/C18H23N3O4/c1-5-14-16(18(23)25-6-2)17(21(3)20-14)19-15(22)11-12-8-7-9-13(10-12)24-4/h7-10H,5-6,11H2,1-4H3,(H,19,22). The lowest BCUT2D eigenvalue weighted by atomic mass is 10.1. The summed E-state index contributed by atoms with van der Waals surface area (Å²) in [4.78, 5) is 24.7. The number of nitrogens with one attached hydrogen (secondary N) is 1. The van der Waals surface area contributed by atoms with Gasteiger partial charge in [0.2, 0.25) is 5.91 Å². The SMILES string of the molecule is CCOC(=O)c1c(CC)nn(C)c1NC(=O)Cc1cccc(OC)c1. The van der Waals surface area contributed by atoms with Gasteiger partial charge in [-0.05, 0) is 31.0 Å². The number of ether oxygens (including phenoxy) is 2. The molecule has 25 heavy (non-hydrogen) atoms. The lowest BCUT2D eigenvalue weighted by molar-refractivity contribution is -0.115. The van der Waals surface area contributed by atoms with Crippen LogP contribution in [0.25, 0.3) is 0 Å². The molecule has 0 spiro atoms. The Morgan fingerprint density at radius 1 is 1.28 bits per heavy atom. The molecule has 1 aromatic carbocycles. The molecule has 0 bridgehead atoms. The highest BCUT2D eigenvalue weighted by Crippen LogP contribution is 2.22. The molecule has 1 amide bonds. The van der Waals surface area contributed by atoms with Crippen LogP contribution < -0.4 is 10.1 Å². The second kappa shape index (κ2) is 8.32. The van der Waals surface area contributed by atoms with Gasteiger partial charge in [0.15, 0.2) is 0 Å². The molecule has 0 saturated carbocycles. The average Bonchev–Trinajstić information content (AvgIpc) is 2.91. The summed E-state index contributed by atoms with van der Waals surface area (Å²) < 4.78 is 11.8. The number of benzene rings is 1. The van der Waals surface area contributed by atoms with Crippen molar-refractivity contribution in [3.63, 3.8) is 0 Å². The van der Waals surface area contributed by atoms with E-state index in [1.807, 2.05) is 25.1 Å². The number of carbonyl (C=O) groups excluding carboxylic acids is 2. The van der Waals surface area contributed by atoms with Crippen LogP contribution in [0.15, 0.2) is 24.3 Å². The summed E-state index contributed by atoms with van der Waals surface area (Å²) >= 11 is 0. The molecule has 0 atom stereocenters.